The van der Waals surface area contributed by atoms with Gasteiger partial charge in [0, 0.05) is 13.1 Å². The Morgan fingerprint density at radius 2 is 1.58 bits per heavy atom. The molecule has 0 spiro atoms. The number of halogens is 3. The molecular weight excluding hydrogens is 583 g/mol. The first-order valence-corrected chi connectivity index (χ1v) is 15.6. The van der Waals surface area contributed by atoms with Crippen molar-refractivity contribution in [3.05, 3.63) is 101 Å². The number of nitrogens with one attached hydrogen (secondary N) is 2. The van der Waals surface area contributed by atoms with Gasteiger partial charge in [-0.1, -0.05) is 73.7 Å². The second-order valence-corrected chi connectivity index (χ2v) is 12.7. The maximum absolute atomic E-state index is 14.0. The Bertz CT molecular complexity index is 1440. The van der Waals surface area contributed by atoms with E-state index in [0.717, 1.165) is 11.8 Å². The van der Waals surface area contributed by atoms with Crippen molar-refractivity contribution in [3.8, 4) is 0 Å². The van der Waals surface area contributed by atoms with Gasteiger partial charge in [0.25, 0.3) is 0 Å². The summed E-state index contributed by atoms with van der Waals surface area (Å²) in [7, 11) is -3.69. The van der Waals surface area contributed by atoms with Crippen LogP contribution < -0.4 is 14.9 Å². The van der Waals surface area contributed by atoms with E-state index in [4.69, 9.17) is 4.74 Å². The highest BCUT2D eigenvalue weighted by atomic mass is 32.2. The van der Waals surface area contributed by atoms with E-state index in [9.17, 15) is 31.5 Å². The number of sulfonamides is 1. The second-order valence-electron chi connectivity index (χ2n) is 10.8. The van der Waals surface area contributed by atoms with Crippen molar-refractivity contribution in [2.75, 3.05) is 23.7 Å². The molecule has 0 bridgehead atoms. The van der Waals surface area contributed by atoms with E-state index in [1.165, 1.54) is 28.6 Å². The zero-order valence-corrected chi connectivity index (χ0v) is 25.2. The Balaban J connectivity index is 1.88. The van der Waals surface area contributed by atoms with Gasteiger partial charge in [-0.05, 0) is 54.2 Å². The van der Waals surface area contributed by atoms with Gasteiger partial charge in [-0.15, -0.1) is 0 Å². The van der Waals surface area contributed by atoms with E-state index >= 15 is 0 Å². The molecule has 0 aromatic heterocycles. The number of rotatable bonds is 15. The number of benzene rings is 3. The molecule has 8 nitrogen and oxygen atoms in total. The van der Waals surface area contributed by atoms with E-state index in [2.05, 4.69) is 10.6 Å². The molecule has 0 aliphatic rings. The molecular formula is C31H38F3N3O5S. The maximum Gasteiger partial charge on any atom is 0.407 e. The molecule has 0 aliphatic carbocycles. The Morgan fingerprint density at radius 3 is 2.14 bits per heavy atom. The SMILES string of the molecule is CCCN(c1cc(CNC(c2ccccc2)C(F)(F)F)cc(COCC(C)(Cc2ccccc2)NC(=O)O)c1)S(C)(=O)=O. The zero-order chi connectivity index (χ0) is 31.7. The Morgan fingerprint density at radius 1 is 0.977 bits per heavy atom. The van der Waals surface area contributed by atoms with E-state index < -0.39 is 33.9 Å². The fourth-order valence-electron chi connectivity index (χ4n) is 4.88. The number of hydrogen-bond donors (Lipinski definition) is 3. The van der Waals surface area contributed by atoms with Crippen LogP contribution in [0.2, 0.25) is 0 Å². The summed E-state index contributed by atoms with van der Waals surface area (Å²) in [5, 5.41) is 14.5. The van der Waals surface area contributed by atoms with Gasteiger partial charge in [-0.25, -0.2) is 13.2 Å². The number of anilines is 1. The van der Waals surface area contributed by atoms with E-state index in [1.807, 2.05) is 37.3 Å². The van der Waals surface area contributed by atoms with Crippen LogP contribution in [0.25, 0.3) is 0 Å². The van der Waals surface area contributed by atoms with Crippen LogP contribution in [0.3, 0.4) is 0 Å². The lowest BCUT2D eigenvalue weighted by Crippen LogP contribution is -2.50. The predicted molar refractivity (Wildman–Crippen MR) is 160 cm³/mol. The van der Waals surface area contributed by atoms with Crippen LogP contribution in [0.1, 0.15) is 48.6 Å². The van der Waals surface area contributed by atoms with Gasteiger partial charge < -0.3 is 15.2 Å². The zero-order valence-electron chi connectivity index (χ0n) is 24.4. The number of carbonyl (C=O) groups is 1. The van der Waals surface area contributed by atoms with Gasteiger partial charge >= 0.3 is 12.3 Å². The summed E-state index contributed by atoms with van der Waals surface area (Å²) >= 11 is 0. The molecule has 1 amide bonds. The molecule has 43 heavy (non-hydrogen) atoms. The quantitative estimate of drug-likeness (QED) is 0.191. The molecule has 3 N–H and O–H groups in total. The maximum atomic E-state index is 14.0. The van der Waals surface area contributed by atoms with Crippen molar-refractivity contribution in [3.63, 3.8) is 0 Å². The van der Waals surface area contributed by atoms with E-state index in [0.29, 0.717) is 29.7 Å². The average Bonchev–Trinajstić information content (AvgIpc) is 2.91. The second kappa shape index (κ2) is 14.7. The van der Waals surface area contributed by atoms with Gasteiger partial charge in [0.1, 0.15) is 6.04 Å². The first-order valence-electron chi connectivity index (χ1n) is 13.8. The molecule has 3 aromatic rings. The first-order chi connectivity index (χ1) is 20.2. The van der Waals surface area contributed by atoms with Gasteiger partial charge in [0.15, 0.2) is 0 Å². The third kappa shape index (κ3) is 10.6. The predicted octanol–water partition coefficient (Wildman–Crippen LogP) is 6.04. The third-order valence-electron chi connectivity index (χ3n) is 6.66. The van der Waals surface area contributed by atoms with Crippen LogP contribution in [0.4, 0.5) is 23.7 Å². The number of alkyl halides is 3. The van der Waals surface area contributed by atoms with Crippen molar-refractivity contribution >= 4 is 21.8 Å². The van der Waals surface area contributed by atoms with Gasteiger partial charge in [0.2, 0.25) is 10.0 Å². The van der Waals surface area contributed by atoms with Gasteiger partial charge in [-0.3, -0.25) is 9.62 Å². The largest absolute Gasteiger partial charge is 0.465 e. The molecule has 2 unspecified atom stereocenters. The lowest BCUT2D eigenvalue weighted by atomic mass is 9.93. The summed E-state index contributed by atoms with van der Waals surface area (Å²) in [5.74, 6) is 0. The van der Waals surface area contributed by atoms with Crippen LogP contribution in [0.5, 0.6) is 0 Å². The molecule has 0 saturated carbocycles. The first kappa shape index (κ1) is 33.9. The number of carboxylic acid groups (broad SMARTS) is 1. The molecule has 0 heterocycles. The summed E-state index contributed by atoms with van der Waals surface area (Å²) in [6.07, 6.45) is -3.83. The molecule has 234 valence electrons. The molecule has 0 radical (unpaired) electrons. The van der Waals surface area contributed by atoms with Crippen molar-refractivity contribution in [1.82, 2.24) is 10.6 Å². The average molecular weight is 622 g/mol. The normalized spacial score (nSPS) is 14.1. The topological polar surface area (TPSA) is 108 Å². The lowest BCUT2D eigenvalue weighted by molar-refractivity contribution is -0.158. The monoisotopic (exact) mass is 621 g/mol. The molecule has 0 aliphatic heterocycles. The van der Waals surface area contributed by atoms with Crippen molar-refractivity contribution in [2.24, 2.45) is 0 Å². The summed E-state index contributed by atoms with van der Waals surface area (Å²) in [4.78, 5) is 11.5. The molecule has 3 rings (SSSR count). The molecule has 3 aromatic carbocycles. The minimum Gasteiger partial charge on any atom is -0.465 e. The fourth-order valence-corrected chi connectivity index (χ4v) is 5.88. The van der Waals surface area contributed by atoms with Crippen molar-refractivity contribution < 1.29 is 36.2 Å². The lowest BCUT2D eigenvalue weighted by Gasteiger charge is -2.30. The van der Waals surface area contributed by atoms with Crippen molar-refractivity contribution in [1.29, 1.82) is 0 Å². The van der Waals surface area contributed by atoms with E-state index in [1.54, 1.807) is 31.2 Å². The highest BCUT2D eigenvalue weighted by Crippen LogP contribution is 2.33. The highest BCUT2D eigenvalue weighted by molar-refractivity contribution is 7.92. The standard InChI is InChI=1S/C31H38F3N3O5S/c1-4-15-37(43(3,40)41)27-17-24(20-35-28(31(32,33)34)26-13-9-6-10-14-26)16-25(18-27)21-42-22-30(2,36-29(38)39)19-23-11-7-5-8-12-23/h5-14,16-18,28,35-36H,4,15,19-22H2,1-3H3,(H,38,39). The Labute approximate surface area is 250 Å². The van der Waals surface area contributed by atoms with Crippen LogP contribution in [-0.2, 0) is 34.3 Å². The number of hydrogen-bond acceptors (Lipinski definition) is 5. The smallest absolute Gasteiger partial charge is 0.407 e. The summed E-state index contributed by atoms with van der Waals surface area (Å²) in [6, 6.07) is 19.7. The van der Waals surface area contributed by atoms with Crippen LogP contribution in [0.15, 0.2) is 78.9 Å². The summed E-state index contributed by atoms with van der Waals surface area (Å²) in [6.45, 7) is 3.48. The van der Waals surface area contributed by atoms with Crippen LogP contribution >= 0.6 is 0 Å². The molecule has 12 heteroatoms. The highest BCUT2D eigenvalue weighted by Gasteiger charge is 2.40. The third-order valence-corrected chi connectivity index (χ3v) is 7.85. The number of nitrogens with zero attached hydrogens (tertiary/aromatic N) is 1. The van der Waals surface area contributed by atoms with Crippen molar-refractivity contribution in [2.45, 2.75) is 57.6 Å². The van der Waals surface area contributed by atoms with Crippen LogP contribution in [-0.4, -0.2) is 50.7 Å². The van der Waals surface area contributed by atoms with Crippen LogP contribution in [0, 0.1) is 0 Å². The fraction of sp³-hybridized carbons (Fsp3) is 0.387. The Hall–Kier alpha value is -3.61. The summed E-state index contributed by atoms with van der Waals surface area (Å²) < 4.78 is 74.3. The molecule has 2 atom stereocenters. The minimum absolute atomic E-state index is 0.0130. The minimum atomic E-state index is -4.56. The van der Waals surface area contributed by atoms with E-state index in [-0.39, 0.29) is 31.9 Å². The Kier molecular flexibility index (Phi) is 11.6. The van der Waals surface area contributed by atoms with Gasteiger partial charge in [-0.2, -0.15) is 13.2 Å². The summed E-state index contributed by atoms with van der Waals surface area (Å²) in [5.41, 5.74) is 1.25. The number of amides is 1. The molecule has 0 saturated heterocycles. The number of ether oxygens (including phenoxy) is 1. The van der Waals surface area contributed by atoms with Gasteiger partial charge in [0.05, 0.1) is 30.7 Å². The molecule has 0 fully saturated rings.